The number of fused-ring (bicyclic) bond motifs is 1. The lowest BCUT2D eigenvalue weighted by Crippen LogP contribution is -2.51. The molecule has 1 aliphatic rings. The molecule has 1 heterocycles. The number of carbonyl (C=O) groups excluding carboxylic acids is 2. The molecule has 2 aromatic rings. The zero-order valence-electron chi connectivity index (χ0n) is 19.1. The van der Waals surface area contributed by atoms with Crippen LogP contribution in [0.3, 0.4) is 0 Å². The van der Waals surface area contributed by atoms with E-state index < -0.39 is 35.6 Å². The number of nitrogens with zero attached hydrogens (tertiary/aromatic N) is 1. The summed E-state index contributed by atoms with van der Waals surface area (Å²) < 4.78 is 32.5. The number of aliphatic carboxylic acids is 1. The number of benzene rings is 2. The molecule has 7 nitrogen and oxygen atoms in total. The smallest absolute Gasteiger partial charge is 0.327 e. The quantitative estimate of drug-likeness (QED) is 0.585. The van der Waals surface area contributed by atoms with Crippen LogP contribution in [0.5, 0.6) is 5.75 Å². The fraction of sp³-hybridized carbons (Fsp3) is 0.320. The molecule has 0 unspecified atom stereocenters. The first-order valence-corrected chi connectivity index (χ1v) is 12.0. The molecule has 1 atom stereocenters. The van der Waals surface area contributed by atoms with E-state index in [-0.39, 0.29) is 35.8 Å². The lowest BCUT2D eigenvalue weighted by Gasteiger charge is -2.22. The van der Waals surface area contributed by atoms with Crippen LogP contribution < -0.4 is 10.1 Å². The van der Waals surface area contributed by atoms with Gasteiger partial charge in [0.25, 0.3) is 5.91 Å². The number of imide groups is 1. The number of halogens is 2. The second-order valence-corrected chi connectivity index (χ2v) is 9.24. The Morgan fingerprint density at radius 1 is 1.17 bits per heavy atom. The van der Waals surface area contributed by atoms with E-state index in [0.29, 0.717) is 11.5 Å². The number of carbonyl (C=O) groups is 3. The topological polar surface area (TPSA) is 95.9 Å². The van der Waals surface area contributed by atoms with E-state index in [2.05, 4.69) is 17.2 Å². The first-order chi connectivity index (χ1) is 16.7. The molecule has 0 radical (unpaired) electrons. The van der Waals surface area contributed by atoms with Crippen LogP contribution in [-0.2, 0) is 4.79 Å². The number of carboxylic acids is 1. The Morgan fingerprint density at radius 2 is 1.94 bits per heavy atom. The standard InChI is InChI=1S/C25H24F2N2O5S/c1-15(2)13-35-14-21(24(31)32)28-25(33)29-9-10-34-22-8-4-16(11-19(22)23(29)30)3-5-17-6-7-18(26)12-20(17)27/h4,6-8,11-12,15,21H,9-10,13-14H2,1-2H3,(H,28,33)(H,31,32)/t21-/m0/s1. The highest BCUT2D eigenvalue weighted by atomic mass is 32.2. The number of thioether (sulfide) groups is 1. The summed E-state index contributed by atoms with van der Waals surface area (Å²) in [5.41, 5.74) is 0.394. The molecule has 0 saturated carbocycles. The largest absolute Gasteiger partial charge is 0.491 e. The monoisotopic (exact) mass is 502 g/mol. The molecular formula is C25H24F2N2O5S. The minimum absolute atomic E-state index is 0.0139. The highest BCUT2D eigenvalue weighted by Gasteiger charge is 2.31. The molecular weight excluding hydrogens is 478 g/mol. The minimum atomic E-state index is -1.20. The number of urea groups is 1. The number of nitrogens with one attached hydrogen (secondary N) is 1. The maximum atomic E-state index is 13.8. The van der Waals surface area contributed by atoms with E-state index in [0.717, 1.165) is 22.8 Å². The number of hydrogen-bond acceptors (Lipinski definition) is 5. The molecule has 2 N–H and O–H groups in total. The average molecular weight is 503 g/mol. The molecule has 10 heteroatoms. The Labute approximate surface area is 205 Å². The van der Waals surface area contributed by atoms with Crippen LogP contribution in [0.15, 0.2) is 36.4 Å². The summed E-state index contributed by atoms with van der Waals surface area (Å²) in [5, 5.41) is 11.9. The lowest BCUT2D eigenvalue weighted by molar-refractivity contribution is -0.138. The predicted molar refractivity (Wildman–Crippen MR) is 127 cm³/mol. The lowest BCUT2D eigenvalue weighted by atomic mass is 10.1. The molecule has 0 bridgehead atoms. The van der Waals surface area contributed by atoms with Crippen molar-refractivity contribution in [1.29, 1.82) is 0 Å². The van der Waals surface area contributed by atoms with Gasteiger partial charge in [-0.1, -0.05) is 25.7 Å². The van der Waals surface area contributed by atoms with E-state index in [1.165, 1.54) is 30.0 Å². The Bertz CT molecular complexity index is 1190. The van der Waals surface area contributed by atoms with E-state index in [4.69, 9.17) is 4.74 Å². The average Bonchev–Trinajstić information content (AvgIpc) is 2.96. The van der Waals surface area contributed by atoms with Crippen molar-refractivity contribution in [2.24, 2.45) is 5.92 Å². The van der Waals surface area contributed by atoms with Crippen LogP contribution >= 0.6 is 11.8 Å². The van der Waals surface area contributed by atoms with Crippen molar-refractivity contribution in [3.05, 3.63) is 64.7 Å². The van der Waals surface area contributed by atoms with Crippen LogP contribution in [0, 0.1) is 29.4 Å². The third-order valence-electron chi connectivity index (χ3n) is 4.88. The van der Waals surface area contributed by atoms with Gasteiger partial charge in [-0.05, 0) is 42.0 Å². The van der Waals surface area contributed by atoms with Crippen LogP contribution in [0.25, 0.3) is 0 Å². The zero-order chi connectivity index (χ0) is 25.5. The van der Waals surface area contributed by atoms with Gasteiger partial charge in [0, 0.05) is 17.4 Å². The third-order valence-corrected chi connectivity index (χ3v) is 6.35. The van der Waals surface area contributed by atoms with Crippen LogP contribution in [0.4, 0.5) is 13.6 Å². The molecule has 0 saturated heterocycles. The Morgan fingerprint density at radius 3 is 2.63 bits per heavy atom. The van der Waals surface area contributed by atoms with Crippen molar-refractivity contribution in [1.82, 2.24) is 10.2 Å². The van der Waals surface area contributed by atoms with E-state index in [9.17, 15) is 28.3 Å². The molecule has 0 aromatic heterocycles. The highest BCUT2D eigenvalue weighted by Crippen LogP contribution is 2.24. The fourth-order valence-electron chi connectivity index (χ4n) is 3.14. The molecule has 0 fully saturated rings. The normalized spacial score (nSPS) is 13.7. The van der Waals surface area contributed by atoms with Gasteiger partial charge in [-0.2, -0.15) is 11.8 Å². The summed E-state index contributed by atoms with van der Waals surface area (Å²) >= 11 is 1.40. The second kappa shape index (κ2) is 11.7. The second-order valence-electron chi connectivity index (χ2n) is 8.16. The highest BCUT2D eigenvalue weighted by molar-refractivity contribution is 7.99. The molecule has 1 aliphatic heterocycles. The molecule has 2 aromatic carbocycles. The predicted octanol–water partition coefficient (Wildman–Crippen LogP) is 3.75. The van der Waals surface area contributed by atoms with Gasteiger partial charge in [-0.3, -0.25) is 9.69 Å². The van der Waals surface area contributed by atoms with Gasteiger partial charge in [0.2, 0.25) is 0 Å². The summed E-state index contributed by atoms with van der Waals surface area (Å²) in [5.74, 6) is 3.40. The van der Waals surface area contributed by atoms with Crippen molar-refractivity contribution in [2.45, 2.75) is 19.9 Å². The Kier molecular flexibility index (Phi) is 8.71. The number of ether oxygens (including phenoxy) is 1. The fourth-order valence-corrected chi connectivity index (χ4v) is 4.21. The van der Waals surface area contributed by atoms with Crippen molar-refractivity contribution in [3.8, 4) is 17.6 Å². The number of hydrogen-bond donors (Lipinski definition) is 2. The van der Waals surface area contributed by atoms with Gasteiger partial charge in [-0.15, -0.1) is 0 Å². The van der Waals surface area contributed by atoms with Gasteiger partial charge in [-0.25, -0.2) is 18.4 Å². The van der Waals surface area contributed by atoms with E-state index in [1.54, 1.807) is 6.07 Å². The van der Waals surface area contributed by atoms with Gasteiger partial charge in [0.1, 0.15) is 30.0 Å². The van der Waals surface area contributed by atoms with Crippen LogP contribution in [0.1, 0.15) is 35.3 Å². The molecule has 3 rings (SSSR count). The van der Waals surface area contributed by atoms with Gasteiger partial charge >= 0.3 is 12.0 Å². The van der Waals surface area contributed by atoms with Crippen molar-refractivity contribution >= 4 is 29.7 Å². The third kappa shape index (κ3) is 6.96. The van der Waals surface area contributed by atoms with E-state index >= 15 is 0 Å². The summed E-state index contributed by atoms with van der Waals surface area (Å²) in [6.45, 7) is 3.96. The summed E-state index contributed by atoms with van der Waals surface area (Å²) in [6, 6.07) is 5.51. The van der Waals surface area contributed by atoms with Gasteiger partial charge in [0.15, 0.2) is 0 Å². The molecule has 35 heavy (non-hydrogen) atoms. The SMILES string of the molecule is CC(C)CSC[C@H](NC(=O)N1CCOc2ccc(C#Cc3ccc(F)cc3F)cc2C1=O)C(=O)O. The zero-order valence-corrected chi connectivity index (χ0v) is 20.0. The summed E-state index contributed by atoms with van der Waals surface area (Å²) in [7, 11) is 0. The molecule has 0 spiro atoms. The van der Waals surface area contributed by atoms with Crippen molar-refractivity contribution in [2.75, 3.05) is 24.7 Å². The van der Waals surface area contributed by atoms with Crippen LogP contribution in [0.2, 0.25) is 0 Å². The number of carboxylic acid groups (broad SMARTS) is 1. The maximum absolute atomic E-state index is 13.8. The Hall–Kier alpha value is -3.58. The number of amides is 3. The minimum Gasteiger partial charge on any atom is -0.491 e. The number of rotatable bonds is 6. The van der Waals surface area contributed by atoms with Crippen molar-refractivity contribution in [3.63, 3.8) is 0 Å². The van der Waals surface area contributed by atoms with Gasteiger partial charge in [0.05, 0.1) is 17.7 Å². The van der Waals surface area contributed by atoms with Gasteiger partial charge < -0.3 is 15.2 Å². The van der Waals surface area contributed by atoms with Crippen molar-refractivity contribution < 1.29 is 33.0 Å². The molecule has 184 valence electrons. The summed E-state index contributed by atoms with van der Waals surface area (Å²) in [4.78, 5) is 38.4. The molecule has 0 aliphatic carbocycles. The first-order valence-electron chi connectivity index (χ1n) is 10.8. The first kappa shape index (κ1) is 26.0. The van der Waals surface area contributed by atoms with Crippen LogP contribution in [-0.4, -0.2) is 58.6 Å². The van der Waals surface area contributed by atoms with E-state index in [1.807, 2.05) is 13.8 Å². The maximum Gasteiger partial charge on any atom is 0.327 e. The molecule has 3 amide bonds. The summed E-state index contributed by atoms with van der Waals surface area (Å²) in [6.07, 6.45) is 0. The Balaban J connectivity index is 1.78.